The van der Waals surface area contributed by atoms with Gasteiger partial charge in [-0.15, -0.1) is 0 Å². The predicted octanol–water partition coefficient (Wildman–Crippen LogP) is 2.40. The molecule has 1 aliphatic rings. The van der Waals surface area contributed by atoms with E-state index in [0.717, 1.165) is 5.92 Å². The molecule has 0 radical (unpaired) electrons. The number of aromatic nitrogens is 1. The Hall–Kier alpha value is -0.890. The van der Waals surface area contributed by atoms with Crippen molar-refractivity contribution in [3.63, 3.8) is 0 Å². The highest BCUT2D eigenvalue weighted by Crippen LogP contribution is 2.34. The molecule has 2 rings (SSSR count). The summed E-state index contributed by atoms with van der Waals surface area (Å²) in [6, 6.07) is 4.93. The van der Waals surface area contributed by atoms with E-state index in [4.69, 9.17) is 0 Å². The second-order valence-corrected chi connectivity index (χ2v) is 4.56. The van der Waals surface area contributed by atoms with E-state index in [9.17, 15) is 0 Å². The maximum atomic E-state index is 4.04. The number of hydrogen-bond donors (Lipinski definition) is 1. The highest BCUT2D eigenvalue weighted by atomic mass is 14.9. The van der Waals surface area contributed by atoms with Gasteiger partial charge in [0.2, 0.25) is 0 Å². The molecule has 0 amide bonds. The van der Waals surface area contributed by atoms with E-state index in [1.807, 2.05) is 12.4 Å². The fraction of sp³-hybridized carbons (Fsp3) is 0.615. The Balaban J connectivity index is 1.75. The Bertz CT molecular complexity index is 280. The van der Waals surface area contributed by atoms with Gasteiger partial charge in [0, 0.05) is 18.4 Å². The number of nitrogens with zero attached hydrogens (tertiary/aromatic N) is 1. The van der Waals surface area contributed by atoms with Crippen LogP contribution in [0.15, 0.2) is 24.5 Å². The molecule has 0 aliphatic heterocycles. The highest BCUT2D eigenvalue weighted by molar-refractivity contribution is 5.09. The average molecular weight is 204 g/mol. The number of hydrogen-bond acceptors (Lipinski definition) is 2. The maximum absolute atomic E-state index is 4.04. The predicted molar refractivity (Wildman–Crippen MR) is 62.7 cm³/mol. The highest BCUT2D eigenvalue weighted by Gasteiger charge is 2.24. The summed E-state index contributed by atoms with van der Waals surface area (Å²) < 4.78 is 0. The van der Waals surface area contributed by atoms with Crippen molar-refractivity contribution in [2.75, 3.05) is 7.05 Å². The van der Waals surface area contributed by atoms with E-state index < -0.39 is 0 Å². The van der Waals surface area contributed by atoms with Crippen LogP contribution in [0.1, 0.15) is 31.2 Å². The summed E-state index contributed by atoms with van der Waals surface area (Å²) in [7, 11) is 2.08. The van der Waals surface area contributed by atoms with Gasteiger partial charge in [-0.1, -0.05) is 12.8 Å². The van der Waals surface area contributed by atoms with Crippen molar-refractivity contribution in [3.8, 4) is 0 Å². The van der Waals surface area contributed by atoms with E-state index in [-0.39, 0.29) is 0 Å². The van der Waals surface area contributed by atoms with Crippen LogP contribution in [0.2, 0.25) is 0 Å². The molecule has 1 unspecified atom stereocenters. The number of aryl methyl sites for hydroxylation is 1. The first kappa shape index (κ1) is 10.6. The molecule has 1 aromatic heterocycles. The number of nitrogens with one attached hydrogen (secondary N) is 1. The van der Waals surface area contributed by atoms with Crippen molar-refractivity contribution in [2.24, 2.45) is 5.92 Å². The minimum absolute atomic E-state index is 0.700. The third kappa shape index (κ3) is 3.63. The standard InChI is InChI=1S/C13H20N2/c1-14-13(10-12-2-3-12)5-4-11-6-8-15-9-7-11/h6-9,12-14H,2-5,10H2,1H3. The van der Waals surface area contributed by atoms with Crippen molar-refractivity contribution >= 4 is 0 Å². The molecule has 0 saturated heterocycles. The van der Waals surface area contributed by atoms with Crippen LogP contribution < -0.4 is 5.32 Å². The Morgan fingerprint density at radius 3 is 2.73 bits per heavy atom. The quantitative estimate of drug-likeness (QED) is 0.769. The first-order valence-corrected chi connectivity index (χ1v) is 5.94. The van der Waals surface area contributed by atoms with E-state index in [1.54, 1.807) is 0 Å². The summed E-state index contributed by atoms with van der Waals surface area (Å²) in [4.78, 5) is 4.04. The molecule has 2 nitrogen and oxygen atoms in total. The molecule has 1 fully saturated rings. The maximum Gasteiger partial charge on any atom is 0.0270 e. The molecule has 1 N–H and O–H groups in total. The van der Waals surface area contributed by atoms with E-state index in [0.29, 0.717) is 6.04 Å². The molecule has 82 valence electrons. The fourth-order valence-corrected chi connectivity index (χ4v) is 2.03. The van der Waals surface area contributed by atoms with Gasteiger partial charge in [0.05, 0.1) is 0 Å². The van der Waals surface area contributed by atoms with Crippen molar-refractivity contribution in [2.45, 2.75) is 38.1 Å². The Labute approximate surface area is 92.1 Å². The zero-order valence-corrected chi connectivity index (χ0v) is 9.45. The van der Waals surface area contributed by atoms with Gasteiger partial charge in [-0.3, -0.25) is 4.98 Å². The van der Waals surface area contributed by atoms with Crippen LogP contribution in [0.5, 0.6) is 0 Å². The van der Waals surface area contributed by atoms with Crippen LogP contribution in [0, 0.1) is 5.92 Å². The molecule has 1 atom stereocenters. The molecular formula is C13H20N2. The Morgan fingerprint density at radius 2 is 2.13 bits per heavy atom. The second kappa shape index (κ2) is 5.26. The number of rotatable bonds is 6. The van der Waals surface area contributed by atoms with Crippen LogP contribution in [0.4, 0.5) is 0 Å². The molecule has 0 aromatic carbocycles. The fourth-order valence-electron chi connectivity index (χ4n) is 2.03. The normalized spacial score (nSPS) is 17.7. The summed E-state index contributed by atoms with van der Waals surface area (Å²) in [5.41, 5.74) is 1.40. The van der Waals surface area contributed by atoms with Crippen LogP contribution in [0.3, 0.4) is 0 Å². The lowest BCUT2D eigenvalue weighted by molar-refractivity contribution is 0.464. The molecule has 0 spiro atoms. The van der Waals surface area contributed by atoms with Crippen LogP contribution >= 0.6 is 0 Å². The van der Waals surface area contributed by atoms with E-state index >= 15 is 0 Å². The minimum Gasteiger partial charge on any atom is -0.317 e. The van der Waals surface area contributed by atoms with Gasteiger partial charge >= 0.3 is 0 Å². The lowest BCUT2D eigenvalue weighted by Crippen LogP contribution is -2.26. The van der Waals surface area contributed by atoms with Crippen LogP contribution in [-0.2, 0) is 6.42 Å². The summed E-state index contributed by atoms with van der Waals surface area (Å²) in [6.45, 7) is 0. The topological polar surface area (TPSA) is 24.9 Å². The monoisotopic (exact) mass is 204 g/mol. The summed E-state index contributed by atoms with van der Waals surface area (Å²) in [5, 5.41) is 3.43. The van der Waals surface area contributed by atoms with Crippen LogP contribution in [-0.4, -0.2) is 18.1 Å². The smallest absolute Gasteiger partial charge is 0.0270 e. The second-order valence-electron chi connectivity index (χ2n) is 4.56. The zero-order chi connectivity index (χ0) is 10.5. The number of pyridine rings is 1. The Kier molecular flexibility index (Phi) is 3.73. The first-order chi connectivity index (χ1) is 7.38. The summed E-state index contributed by atoms with van der Waals surface area (Å²) in [5.74, 6) is 1.01. The van der Waals surface area contributed by atoms with Crippen molar-refractivity contribution in [1.29, 1.82) is 0 Å². The molecule has 1 saturated carbocycles. The van der Waals surface area contributed by atoms with Gasteiger partial charge in [-0.25, -0.2) is 0 Å². The van der Waals surface area contributed by atoms with Gasteiger partial charge in [-0.05, 0) is 49.9 Å². The van der Waals surface area contributed by atoms with Gasteiger partial charge in [0.1, 0.15) is 0 Å². The van der Waals surface area contributed by atoms with Crippen molar-refractivity contribution < 1.29 is 0 Å². The summed E-state index contributed by atoms with van der Waals surface area (Å²) >= 11 is 0. The van der Waals surface area contributed by atoms with E-state index in [2.05, 4.69) is 29.5 Å². The largest absolute Gasteiger partial charge is 0.317 e. The SMILES string of the molecule is CNC(CCc1ccncc1)CC1CC1. The van der Waals surface area contributed by atoms with Crippen molar-refractivity contribution in [3.05, 3.63) is 30.1 Å². The minimum atomic E-state index is 0.700. The summed E-state index contributed by atoms with van der Waals surface area (Å²) in [6.07, 6.45) is 10.4. The molecule has 1 heterocycles. The van der Waals surface area contributed by atoms with E-state index in [1.165, 1.54) is 37.7 Å². The molecule has 2 heteroatoms. The van der Waals surface area contributed by atoms with Gasteiger partial charge < -0.3 is 5.32 Å². The lowest BCUT2D eigenvalue weighted by Gasteiger charge is -2.15. The molecule has 0 bridgehead atoms. The molecular weight excluding hydrogens is 184 g/mol. The first-order valence-electron chi connectivity index (χ1n) is 5.94. The Morgan fingerprint density at radius 1 is 1.40 bits per heavy atom. The third-order valence-electron chi connectivity index (χ3n) is 3.25. The van der Waals surface area contributed by atoms with Crippen molar-refractivity contribution in [1.82, 2.24) is 10.3 Å². The average Bonchev–Trinajstić information content (AvgIpc) is 3.09. The van der Waals surface area contributed by atoms with Gasteiger partial charge in [0.25, 0.3) is 0 Å². The van der Waals surface area contributed by atoms with Crippen LogP contribution in [0.25, 0.3) is 0 Å². The molecule has 15 heavy (non-hydrogen) atoms. The van der Waals surface area contributed by atoms with Gasteiger partial charge in [0.15, 0.2) is 0 Å². The molecule has 1 aliphatic carbocycles. The third-order valence-corrected chi connectivity index (χ3v) is 3.25. The molecule has 1 aromatic rings. The lowest BCUT2D eigenvalue weighted by atomic mass is 10.0. The zero-order valence-electron chi connectivity index (χ0n) is 9.45. The van der Waals surface area contributed by atoms with Gasteiger partial charge in [-0.2, -0.15) is 0 Å².